The monoisotopic (exact) mass is 377 g/mol. The first-order chi connectivity index (χ1) is 12.8. The number of hydrogen-bond donors (Lipinski definition) is 2. The van der Waals surface area contributed by atoms with Gasteiger partial charge in [0.2, 0.25) is 5.91 Å². The number of alkyl halides is 3. The zero-order valence-electron chi connectivity index (χ0n) is 14.7. The molecule has 2 N–H and O–H groups in total. The standard InChI is InChI=1S/C19H18F3N3O2/c1-11-9-17(26)24-25-18(11)12-3-5-13(6-4-12)23-16-8-7-14(27-2)10-15(16)19(20,21)22/h3-8,10-11,23H,9H2,1-2H3,(H,24,26)/t11-/m1/s1. The van der Waals surface area contributed by atoms with E-state index >= 15 is 0 Å². The lowest BCUT2D eigenvalue weighted by Crippen LogP contribution is -2.31. The van der Waals surface area contributed by atoms with Crippen LogP contribution in [0.25, 0.3) is 0 Å². The minimum atomic E-state index is -4.51. The molecule has 1 heterocycles. The van der Waals surface area contributed by atoms with Crippen molar-refractivity contribution in [1.29, 1.82) is 0 Å². The van der Waals surface area contributed by atoms with Gasteiger partial charge < -0.3 is 10.1 Å². The third-order valence-corrected chi connectivity index (χ3v) is 4.25. The third-order valence-electron chi connectivity index (χ3n) is 4.25. The highest BCUT2D eigenvalue weighted by Gasteiger charge is 2.34. The summed E-state index contributed by atoms with van der Waals surface area (Å²) in [5, 5.41) is 6.87. The first kappa shape index (κ1) is 18.8. The van der Waals surface area contributed by atoms with Gasteiger partial charge >= 0.3 is 6.18 Å². The number of nitrogens with zero attached hydrogens (tertiary/aromatic N) is 1. The van der Waals surface area contributed by atoms with Gasteiger partial charge in [-0.25, -0.2) is 5.43 Å². The minimum Gasteiger partial charge on any atom is -0.497 e. The van der Waals surface area contributed by atoms with Crippen LogP contribution < -0.4 is 15.5 Å². The quantitative estimate of drug-likeness (QED) is 0.834. The molecule has 0 saturated heterocycles. The highest BCUT2D eigenvalue weighted by atomic mass is 19.4. The molecular weight excluding hydrogens is 359 g/mol. The molecule has 0 fully saturated rings. The number of anilines is 2. The average Bonchev–Trinajstić information content (AvgIpc) is 2.62. The number of halogens is 3. The van der Waals surface area contributed by atoms with E-state index < -0.39 is 11.7 Å². The largest absolute Gasteiger partial charge is 0.497 e. The molecule has 0 bridgehead atoms. The number of benzene rings is 2. The molecule has 27 heavy (non-hydrogen) atoms. The molecule has 1 amide bonds. The van der Waals surface area contributed by atoms with Gasteiger partial charge in [0.15, 0.2) is 0 Å². The summed E-state index contributed by atoms with van der Waals surface area (Å²) in [5.74, 6) is -0.0331. The van der Waals surface area contributed by atoms with Gasteiger partial charge in [-0.2, -0.15) is 18.3 Å². The van der Waals surface area contributed by atoms with E-state index in [2.05, 4.69) is 15.8 Å². The van der Waals surface area contributed by atoms with Crippen LogP contribution >= 0.6 is 0 Å². The van der Waals surface area contributed by atoms with Crippen LogP contribution in [0.2, 0.25) is 0 Å². The Hall–Kier alpha value is -3.03. The predicted molar refractivity (Wildman–Crippen MR) is 96.2 cm³/mol. The Kier molecular flexibility index (Phi) is 5.07. The lowest BCUT2D eigenvalue weighted by Gasteiger charge is -2.19. The average molecular weight is 377 g/mol. The third kappa shape index (κ3) is 4.21. The summed E-state index contributed by atoms with van der Waals surface area (Å²) in [6, 6.07) is 10.6. The van der Waals surface area contributed by atoms with Crippen LogP contribution in [-0.4, -0.2) is 18.7 Å². The zero-order valence-corrected chi connectivity index (χ0v) is 14.7. The van der Waals surface area contributed by atoms with Crippen LogP contribution in [0, 0.1) is 5.92 Å². The van der Waals surface area contributed by atoms with Gasteiger partial charge in [0.1, 0.15) is 5.75 Å². The number of ether oxygens (including phenoxy) is 1. The summed E-state index contributed by atoms with van der Waals surface area (Å²) in [6.45, 7) is 1.90. The molecule has 8 heteroatoms. The number of carbonyl (C=O) groups is 1. The van der Waals surface area contributed by atoms with Crippen molar-refractivity contribution in [3.63, 3.8) is 0 Å². The number of methoxy groups -OCH3 is 1. The van der Waals surface area contributed by atoms with Crippen LogP contribution in [0.1, 0.15) is 24.5 Å². The Morgan fingerprint density at radius 1 is 1.19 bits per heavy atom. The van der Waals surface area contributed by atoms with Crippen LogP contribution in [0.4, 0.5) is 24.5 Å². The van der Waals surface area contributed by atoms with Crippen LogP contribution in [0.5, 0.6) is 5.75 Å². The molecule has 0 unspecified atom stereocenters. The summed E-state index contributed by atoms with van der Waals surface area (Å²) in [7, 11) is 1.32. The maximum atomic E-state index is 13.3. The van der Waals surface area contributed by atoms with Gasteiger partial charge in [-0.1, -0.05) is 19.1 Å². The van der Waals surface area contributed by atoms with Gasteiger partial charge in [0.25, 0.3) is 0 Å². The van der Waals surface area contributed by atoms with Crippen molar-refractivity contribution in [2.24, 2.45) is 11.0 Å². The lowest BCUT2D eigenvalue weighted by atomic mass is 9.94. The van der Waals surface area contributed by atoms with E-state index in [1.54, 1.807) is 24.3 Å². The molecule has 142 valence electrons. The van der Waals surface area contributed by atoms with Gasteiger partial charge in [-0.05, 0) is 35.9 Å². The number of hydrazone groups is 1. The fraction of sp³-hybridized carbons (Fsp3) is 0.263. The molecule has 0 saturated carbocycles. The van der Waals surface area contributed by atoms with E-state index in [-0.39, 0.29) is 23.3 Å². The Morgan fingerprint density at radius 3 is 2.48 bits per heavy atom. The lowest BCUT2D eigenvalue weighted by molar-refractivity contribution is -0.137. The molecule has 2 aromatic rings. The van der Waals surface area contributed by atoms with Gasteiger partial charge in [0, 0.05) is 18.0 Å². The highest BCUT2D eigenvalue weighted by Crippen LogP contribution is 2.38. The second-order valence-corrected chi connectivity index (χ2v) is 6.25. The van der Waals surface area contributed by atoms with Crippen LogP contribution in [0.3, 0.4) is 0 Å². The van der Waals surface area contributed by atoms with Crippen molar-refractivity contribution in [3.8, 4) is 5.75 Å². The van der Waals surface area contributed by atoms with E-state index in [0.717, 1.165) is 17.3 Å². The van der Waals surface area contributed by atoms with Crippen molar-refractivity contribution in [1.82, 2.24) is 5.43 Å². The Labute approximate surface area is 154 Å². The van der Waals surface area contributed by atoms with E-state index in [1.165, 1.54) is 19.2 Å². The molecular formula is C19H18F3N3O2. The van der Waals surface area contributed by atoms with E-state index in [0.29, 0.717) is 12.1 Å². The summed E-state index contributed by atoms with van der Waals surface area (Å²) < 4.78 is 44.8. The van der Waals surface area contributed by atoms with E-state index in [9.17, 15) is 18.0 Å². The molecule has 1 atom stereocenters. The van der Waals surface area contributed by atoms with Gasteiger partial charge in [-0.3, -0.25) is 4.79 Å². The Balaban J connectivity index is 1.84. The molecule has 5 nitrogen and oxygen atoms in total. The summed E-state index contributed by atoms with van der Waals surface area (Å²) in [5.41, 5.74) is 3.62. The molecule has 1 aliphatic heterocycles. The second-order valence-electron chi connectivity index (χ2n) is 6.25. The second kappa shape index (κ2) is 7.30. The van der Waals surface area contributed by atoms with Gasteiger partial charge in [-0.15, -0.1) is 0 Å². The SMILES string of the molecule is COc1ccc(Nc2ccc(C3=NNC(=O)C[C@H]3C)cc2)c(C(F)(F)F)c1. The topological polar surface area (TPSA) is 62.7 Å². The summed E-state index contributed by atoms with van der Waals surface area (Å²) in [4.78, 5) is 11.3. The number of rotatable bonds is 4. The normalized spacial score (nSPS) is 17.1. The molecule has 2 aromatic carbocycles. The number of carbonyl (C=O) groups excluding carboxylic acids is 1. The molecule has 0 aromatic heterocycles. The fourth-order valence-corrected chi connectivity index (χ4v) is 2.88. The Bertz CT molecular complexity index is 877. The first-order valence-corrected chi connectivity index (χ1v) is 8.27. The van der Waals surface area contributed by atoms with Crippen LogP contribution in [0.15, 0.2) is 47.6 Å². The number of amides is 1. The zero-order chi connectivity index (χ0) is 19.6. The molecule has 0 radical (unpaired) electrons. The van der Waals surface area contributed by atoms with Gasteiger partial charge in [0.05, 0.1) is 24.1 Å². The molecule has 1 aliphatic rings. The molecule has 3 rings (SSSR count). The maximum absolute atomic E-state index is 13.3. The van der Waals surface area contributed by atoms with E-state index in [1.807, 2.05) is 6.92 Å². The fourth-order valence-electron chi connectivity index (χ4n) is 2.88. The van der Waals surface area contributed by atoms with Crippen molar-refractivity contribution < 1.29 is 22.7 Å². The summed E-state index contributed by atoms with van der Waals surface area (Å²) in [6.07, 6.45) is -4.17. The minimum absolute atomic E-state index is 0.0315. The maximum Gasteiger partial charge on any atom is 0.418 e. The summed E-state index contributed by atoms with van der Waals surface area (Å²) >= 11 is 0. The molecule has 0 aliphatic carbocycles. The highest BCUT2D eigenvalue weighted by molar-refractivity contribution is 6.05. The number of hydrogen-bond acceptors (Lipinski definition) is 4. The van der Waals surface area contributed by atoms with E-state index in [4.69, 9.17) is 4.74 Å². The van der Waals surface area contributed by atoms with Crippen molar-refractivity contribution in [2.45, 2.75) is 19.5 Å². The van der Waals surface area contributed by atoms with Crippen molar-refractivity contribution >= 4 is 23.0 Å². The predicted octanol–water partition coefficient (Wildman–Crippen LogP) is 4.32. The van der Waals surface area contributed by atoms with Crippen molar-refractivity contribution in [3.05, 3.63) is 53.6 Å². The Morgan fingerprint density at radius 2 is 1.89 bits per heavy atom. The van der Waals surface area contributed by atoms with Crippen molar-refractivity contribution in [2.75, 3.05) is 12.4 Å². The van der Waals surface area contributed by atoms with Crippen LogP contribution in [-0.2, 0) is 11.0 Å². The first-order valence-electron chi connectivity index (χ1n) is 8.27. The smallest absolute Gasteiger partial charge is 0.418 e. The molecule has 0 spiro atoms. The number of nitrogens with one attached hydrogen (secondary N) is 2.